The number of carbonyl (C=O) groups excluding carboxylic acids is 1. The number of halogens is 1. The Hall–Kier alpha value is -1.46. The number of nitrogens with zero attached hydrogens (tertiary/aromatic N) is 2. The monoisotopic (exact) mass is 336 g/mol. The molecule has 24 heavy (non-hydrogen) atoms. The lowest BCUT2D eigenvalue weighted by atomic mass is 9.97. The zero-order valence-corrected chi connectivity index (χ0v) is 14.8. The number of carbonyl (C=O) groups is 1. The maximum Gasteiger partial charge on any atom is 0.224 e. The van der Waals surface area contributed by atoms with Crippen LogP contribution in [0.25, 0.3) is 0 Å². The van der Waals surface area contributed by atoms with Crippen LogP contribution in [0.4, 0.5) is 4.39 Å². The zero-order valence-electron chi connectivity index (χ0n) is 14.8. The Balaban J connectivity index is 1.77. The standard InChI is InChI=1S/C19H29FN2O2/c1-21(19(23)10-13-24-2)14-16-6-5-11-22(15-16)12-9-17-7-3-4-8-18(17)20/h3-4,7-8,16H,5-6,9-15H2,1-2H3/t16-/m1/s1. The van der Waals surface area contributed by atoms with Gasteiger partial charge >= 0.3 is 0 Å². The molecule has 0 saturated carbocycles. The number of hydrogen-bond acceptors (Lipinski definition) is 3. The number of methoxy groups -OCH3 is 1. The summed E-state index contributed by atoms with van der Waals surface area (Å²) in [5.41, 5.74) is 0.784. The van der Waals surface area contributed by atoms with E-state index in [1.807, 2.05) is 24.1 Å². The van der Waals surface area contributed by atoms with Crippen LogP contribution in [0.15, 0.2) is 24.3 Å². The van der Waals surface area contributed by atoms with Crippen molar-refractivity contribution >= 4 is 5.91 Å². The maximum atomic E-state index is 13.7. The number of rotatable bonds is 8. The van der Waals surface area contributed by atoms with Gasteiger partial charge in [0, 0.05) is 33.8 Å². The zero-order chi connectivity index (χ0) is 17.4. The highest BCUT2D eigenvalue weighted by Gasteiger charge is 2.22. The van der Waals surface area contributed by atoms with Gasteiger partial charge in [-0.3, -0.25) is 4.79 Å². The van der Waals surface area contributed by atoms with E-state index in [0.717, 1.165) is 51.0 Å². The van der Waals surface area contributed by atoms with Gasteiger partial charge in [0.15, 0.2) is 0 Å². The molecule has 134 valence electrons. The van der Waals surface area contributed by atoms with Gasteiger partial charge in [-0.15, -0.1) is 0 Å². The van der Waals surface area contributed by atoms with Crippen molar-refractivity contribution in [3.63, 3.8) is 0 Å². The Labute approximate surface area is 144 Å². The molecular weight excluding hydrogens is 307 g/mol. The maximum absolute atomic E-state index is 13.7. The van der Waals surface area contributed by atoms with Gasteiger partial charge in [-0.25, -0.2) is 4.39 Å². The minimum atomic E-state index is -0.116. The van der Waals surface area contributed by atoms with E-state index >= 15 is 0 Å². The summed E-state index contributed by atoms with van der Waals surface area (Å²) in [5.74, 6) is 0.519. The third-order valence-electron chi connectivity index (χ3n) is 4.74. The molecule has 4 nitrogen and oxygen atoms in total. The third-order valence-corrected chi connectivity index (χ3v) is 4.74. The number of hydrogen-bond donors (Lipinski definition) is 0. The van der Waals surface area contributed by atoms with Crippen LogP contribution >= 0.6 is 0 Å². The van der Waals surface area contributed by atoms with Crippen molar-refractivity contribution < 1.29 is 13.9 Å². The van der Waals surface area contributed by atoms with Crippen LogP contribution in [-0.2, 0) is 16.0 Å². The largest absolute Gasteiger partial charge is 0.384 e. The molecule has 1 aromatic carbocycles. The Morgan fingerprint density at radius 2 is 2.21 bits per heavy atom. The molecule has 1 saturated heterocycles. The molecule has 0 unspecified atom stereocenters. The average Bonchev–Trinajstić information content (AvgIpc) is 2.59. The fraction of sp³-hybridized carbons (Fsp3) is 0.632. The molecule has 0 bridgehead atoms. The predicted molar refractivity (Wildman–Crippen MR) is 93.4 cm³/mol. The van der Waals surface area contributed by atoms with E-state index in [0.29, 0.717) is 18.9 Å². The molecule has 0 aliphatic carbocycles. The summed E-state index contributed by atoms with van der Waals surface area (Å²) in [6.07, 6.45) is 3.47. The summed E-state index contributed by atoms with van der Waals surface area (Å²) >= 11 is 0. The number of ether oxygens (including phenoxy) is 1. The molecule has 1 fully saturated rings. The molecule has 0 N–H and O–H groups in total. The SMILES string of the molecule is COCCC(=O)N(C)C[C@H]1CCCN(CCc2ccccc2F)C1. The van der Waals surface area contributed by atoms with Crippen molar-refractivity contribution in [1.82, 2.24) is 9.80 Å². The Bertz CT molecular complexity index is 524. The van der Waals surface area contributed by atoms with Crippen molar-refractivity contribution in [1.29, 1.82) is 0 Å². The van der Waals surface area contributed by atoms with Gasteiger partial charge in [0.2, 0.25) is 5.91 Å². The van der Waals surface area contributed by atoms with Crippen LogP contribution in [0.5, 0.6) is 0 Å². The minimum Gasteiger partial charge on any atom is -0.384 e. The van der Waals surface area contributed by atoms with Gasteiger partial charge in [0.1, 0.15) is 5.82 Å². The van der Waals surface area contributed by atoms with E-state index in [-0.39, 0.29) is 11.7 Å². The van der Waals surface area contributed by atoms with Crippen LogP contribution in [0, 0.1) is 11.7 Å². The van der Waals surface area contributed by atoms with Crippen molar-refractivity contribution in [2.24, 2.45) is 5.92 Å². The summed E-state index contributed by atoms with van der Waals surface area (Å²) < 4.78 is 18.7. The third kappa shape index (κ3) is 5.87. The first-order chi connectivity index (χ1) is 11.6. The fourth-order valence-electron chi connectivity index (χ4n) is 3.35. The first kappa shape index (κ1) is 18.9. The second-order valence-electron chi connectivity index (χ2n) is 6.67. The van der Waals surface area contributed by atoms with Crippen LogP contribution in [0.3, 0.4) is 0 Å². The Morgan fingerprint density at radius 3 is 2.96 bits per heavy atom. The molecule has 0 spiro atoms. The van der Waals surface area contributed by atoms with Crippen LogP contribution in [0.2, 0.25) is 0 Å². The van der Waals surface area contributed by atoms with Crippen LogP contribution in [-0.4, -0.2) is 62.7 Å². The predicted octanol–water partition coefficient (Wildman–Crippen LogP) is 2.58. The molecule has 1 aliphatic heterocycles. The lowest BCUT2D eigenvalue weighted by Crippen LogP contribution is -2.42. The van der Waals surface area contributed by atoms with Gasteiger partial charge in [-0.05, 0) is 43.4 Å². The molecule has 1 aliphatic rings. The van der Waals surface area contributed by atoms with E-state index in [4.69, 9.17) is 4.74 Å². The molecule has 5 heteroatoms. The molecule has 1 atom stereocenters. The topological polar surface area (TPSA) is 32.8 Å². The molecule has 1 heterocycles. The van der Waals surface area contributed by atoms with E-state index in [2.05, 4.69) is 4.90 Å². The Morgan fingerprint density at radius 1 is 1.42 bits per heavy atom. The highest BCUT2D eigenvalue weighted by atomic mass is 19.1. The van der Waals surface area contributed by atoms with Crippen LogP contribution in [0.1, 0.15) is 24.8 Å². The normalized spacial score (nSPS) is 18.5. The van der Waals surface area contributed by atoms with E-state index < -0.39 is 0 Å². The summed E-state index contributed by atoms with van der Waals surface area (Å²) in [5, 5.41) is 0. The fourth-order valence-corrected chi connectivity index (χ4v) is 3.35. The van der Waals surface area contributed by atoms with Gasteiger partial charge in [0.25, 0.3) is 0 Å². The van der Waals surface area contributed by atoms with Crippen molar-refractivity contribution in [2.75, 3.05) is 46.9 Å². The van der Waals surface area contributed by atoms with E-state index in [1.165, 1.54) is 6.07 Å². The average molecular weight is 336 g/mol. The second kappa shape index (κ2) is 9.74. The number of benzene rings is 1. The second-order valence-corrected chi connectivity index (χ2v) is 6.67. The molecule has 1 amide bonds. The van der Waals surface area contributed by atoms with Gasteiger partial charge < -0.3 is 14.5 Å². The lowest BCUT2D eigenvalue weighted by Gasteiger charge is -2.34. The summed E-state index contributed by atoms with van der Waals surface area (Å²) in [6, 6.07) is 7.00. The van der Waals surface area contributed by atoms with Crippen LogP contribution < -0.4 is 0 Å². The minimum absolute atomic E-state index is 0.116. The van der Waals surface area contributed by atoms with E-state index in [1.54, 1.807) is 13.2 Å². The van der Waals surface area contributed by atoms with Gasteiger partial charge in [-0.1, -0.05) is 18.2 Å². The number of piperidine rings is 1. The smallest absolute Gasteiger partial charge is 0.224 e. The first-order valence-electron chi connectivity index (χ1n) is 8.78. The lowest BCUT2D eigenvalue weighted by molar-refractivity contribution is -0.131. The molecule has 1 aromatic rings. The molecule has 2 rings (SSSR count). The number of amides is 1. The van der Waals surface area contributed by atoms with Gasteiger partial charge in [0.05, 0.1) is 13.0 Å². The van der Waals surface area contributed by atoms with Crippen molar-refractivity contribution in [2.45, 2.75) is 25.7 Å². The van der Waals surface area contributed by atoms with Crippen molar-refractivity contribution in [3.05, 3.63) is 35.6 Å². The quantitative estimate of drug-likeness (QED) is 0.731. The highest BCUT2D eigenvalue weighted by molar-refractivity contribution is 5.75. The molecular formula is C19H29FN2O2. The summed E-state index contributed by atoms with van der Waals surface area (Å²) in [7, 11) is 3.48. The van der Waals surface area contributed by atoms with E-state index in [9.17, 15) is 9.18 Å². The first-order valence-corrected chi connectivity index (χ1v) is 8.78. The molecule has 0 radical (unpaired) electrons. The van der Waals surface area contributed by atoms with Gasteiger partial charge in [-0.2, -0.15) is 0 Å². The van der Waals surface area contributed by atoms with Crippen molar-refractivity contribution in [3.8, 4) is 0 Å². The Kier molecular flexibility index (Phi) is 7.66. The highest BCUT2D eigenvalue weighted by Crippen LogP contribution is 2.18. The molecule has 0 aromatic heterocycles. The number of likely N-dealkylation sites (tertiary alicyclic amines) is 1. The summed E-state index contributed by atoms with van der Waals surface area (Å²) in [6.45, 7) is 4.18. The summed E-state index contributed by atoms with van der Waals surface area (Å²) in [4.78, 5) is 16.2.